The van der Waals surface area contributed by atoms with Crippen molar-refractivity contribution in [3.05, 3.63) is 0 Å². The van der Waals surface area contributed by atoms with Crippen LogP contribution in [-0.4, -0.2) is 29.9 Å². The van der Waals surface area contributed by atoms with Crippen LogP contribution in [0.4, 0.5) is 4.79 Å². The minimum atomic E-state index is -0.539. The summed E-state index contributed by atoms with van der Waals surface area (Å²) >= 11 is 0. The number of carbonyl (C=O) groups excluding carboxylic acids is 2. The molecule has 6 heteroatoms. The van der Waals surface area contributed by atoms with Crippen molar-refractivity contribution in [2.45, 2.75) is 72.8 Å². The lowest BCUT2D eigenvalue weighted by atomic mass is 9.70. The Bertz CT molecular complexity index is 548. The Kier molecular flexibility index (Phi) is 4.98. The molecule has 0 saturated heterocycles. The van der Waals surface area contributed by atoms with Crippen molar-refractivity contribution in [2.75, 3.05) is 6.54 Å². The van der Waals surface area contributed by atoms with Crippen LogP contribution >= 0.6 is 0 Å². The maximum atomic E-state index is 11.9. The van der Waals surface area contributed by atoms with Crippen LogP contribution in [0.25, 0.3) is 0 Å². The van der Waals surface area contributed by atoms with Crippen molar-refractivity contribution in [2.24, 2.45) is 21.8 Å². The summed E-state index contributed by atoms with van der Waals surface area (Å²) in [5.41, 5.74) is 3.55. The van der Waals surface area contributed by atoms with Crippen LogP contribution in [0.5, 0.6) is 0 Å². The van der Waals surface area contributed by atoms with Gasteiger partial charge in [0.05, 0.1) is 0 Å². The van der Waals surface area contributed by atoms with Gasteiger partial charge < -0.3 is 10.1 Å². The van der Waals surface area contributed by atoms with Crippen molar-refractivity contribution in [3.8, 4) is 0 Å². The van der Waals surface area contributed by atoms with Gasteiger partial charge in [-0.15, -0.1) is 0 Å². The number of hydrogen-bond donors (Lipinski definition) is 2. The second-order valence-electron chi connectivity index (χ2n) is 8.77. The van der Waals surface area contributed by atoms with E-state index in [1.807, 2.05) is 0 Å². The minimum Gasteiger partial charge on any atom is -0.444 e. The predicted octanol–water partition coefficient (Wildman–Crippen LogP) is 3.22. The van der Waals surface area contributed by atoms with Crippen LogP contribution in [0.2, 0.25) is 0 Å². The maximum Gasteiger partial charge on any atom is 0.407 e. The van der Waals surface area contributed by atoms with Crippen LogP contribution < -0.4 is 10.7 Å². The van der Waals surface area contributed by atoms with E-state index in [0.717, 1.165) is 18.6 Å². The molecule has 0 aromatic heterocycles. The second-order valence-corrected chi connectivity index (χ2v) is 8.77. The van der Waals surface area contributed by atoms with Crippen molar-refractivity contribution in [1.82, 2.24) is 10.7 Å². The highest BCUT2D eigenvalue weighted by Gasteiger charge is 2.59. The molecular formula is C18H31N3O3. The van der Waals surface area contributed by atoms with E-state index in [4.69, 9.17) is 4.74 Å². The molecule has 2 saturated carbocycles. The Hall–Kier alpha value is -1.59. The van der Waals surface area contributed by atoms with Crippen molar-refractivity contribution >= 4 is 17.7 Å². The van der Waals surface area contributed by atoms with Gasteiger partial charge in [0.15, 0.2) is 0 Å². The van der Waals surface area contributed by atoms with Gasteiger partial charge in [-0.3, -0.25) is 4.79 Å². The van der Waals surface area contributed by atoms with E-state index in [1.54, 1.807) is 20.8 Å². The molecule has 0 aromatic rings. The number of hydrogen-bond acceptors (Lipinski definition) is 4. The Labute approximate surface area is 144 Å². The molecule has 6 nitrogen and oxygen atoms in total. The maximum absolute atomic E-state index is 11.9. The molecule has 2 atom stereocenters. The molecule has 0 aliphatic heterocycles. The van der Waals surface area contributed by atoms with Gasteiger partial charge in [0.2, 0.25) is 5.91 Å². The van der Waals surface area contributed by atoms with Crippen LogP contribution in [0.1, 0.15) is 67.2 Å². The molecule has 2 amide bonds. The summed E-state index contributed by atoms with van der Waals surface area (Å²) in [5.74, 6) is 0.467. The van der Waals surface area contributed by atoms with Crippen molar-refractivity contribution < 1.29 is 14.3 Å². The zero-order chi connectivity index (χ0) is 18.2. The molecule has 0 aromatic carbocycles. The van der Waals surface area contributed by atoms with Crippen molar-refractivity contribution in [1.29, 1.82) is 0 Å². The third-order valence-electron chi connectivity index (χ3n) is 5.85. The quantitative estimate of drug-likeness (QED) is 0.773. The smallest absolute Gasteiger partial charge is 0.407 e. The zero-order valence-corrected chi connectivity index (χ0v) is 15.8. The van der Waals surface area contributed by atoms with E-state index in [1.165, 1.54) is 6.42 Å². The van der Waals surface area contributed by atoms with E-state index in [9.17, 15) is 9.59 Å². The van der Waals surface area contributed by atoms with Gasteiger partial charge >= 0.3 is 6.09 Å². The number of fused-ring (bicyclic) bond motifs is 2. The molecule has 0 spiro atoms. The Balaban J connectivity index is 1.77. The Morgan fingerprint density at radius 1 is 1.29 bits per heavy atom. The molecule has 2 rings (SSSR count). The predicted molar refractivity (Wildman–Crippen MR) is 93.7 cm³/mol. The number of rotatable bonds is 4. The Morgan fingerprint density at radius 2 is 1.96 bits per heavy atom. The summed E-state index contributed by atoms with van der Waals surface area (Å²) in [6.45, 7) is 12.5. The number of carbonyl (C=O) groups is 2. The lowest BCUT2D eigenvalue weighted by molar-refractivity contribution is -0.120. The highest BCUT2D eigenvalue weighted by Crippen LogP contribution is 2.63. The van der Waals surface area contributed by atoms with Crippen molar-refractivity contribution in [3.63, 3.8) is 0 Å². The molecule has 0 radical (unpaired) electrons. The third kappa shape index (κ3) is 3.73. The summed E-state index contributed by atoms with van der Waals surface area (Å²) < 4.78 is 5.12. The van der Waals surface area contributed by atoms with Gasteiger partial charge in [0.25, 0.3) is 0 Å². The molecule has 0 unspecified atom stereocenters. The minimum absolute atomic E-state index is 0.0830. The average molecular weight is 337 g/mol. The SMILES string of the molecule is CC(C)(C)OC(=O)NCCC(=O)N/N=C1/C[C@H]2CC[C@@]1(C)C2(C)C. The van der Waals surface area contributed by atoms with Gasteiger partial charge in [0, 0.05) is 24.1 Å². The summed E-state index contributed by atoms with van der Waals surface area (Å²) in [6.07, 6.45) is 3.03. The highest BCUT2D eigenvalue weighted by molar-refractivity contribution is 5.95. The fourth-order valence-corrected chi connectivity index (χ4v) is 3.88. The van der Waals surface area contributed by atoms with E-state index < -0.39 is 11.7 Å². The van der Waals surface area contributed by atoms with E-state index in [2.05, 4.69) is 36.6 Å². The van der Waals surface area contributed by atoms with Gasteiger partial charge in [-0.05, 0) is 51.4 Å². The fraction of sp³-hybridized carbons (Fsp3) is 0.833. The van der Waals surface area contributed by atoms with Crippen LogP contribution in [-0.2, 0) is 9.53 Å². The molecule has 2 fully saturated rings. The first kappa shape index (κ1) is 18.7. The monoisotopic (exact) mass is 337 g/mol. The third-order valence-corrected chi connectivity index (χ3v) is 5.85. The molecule has 24 heavy (non-hydrogen) atoms. The molecule has 0 heterocycles. The number of nitrogens with one attached hydrogen (secondary N) is 2. The normalized spacial score (nSPS) is 29.6. The average Bonchev–Trinajstić information content (AvgIpc) is 2.75. The number of nitrogens with zero attached hydrogens (tertiary/aromatic N) is 1. The molecule has 2 N–H and O–H groups in total. The fourth-order valence-electron chi connectivity index (χ4n) is 3.88. The number of alkyl carbamates (subject to hydrolysis) is 1. The molecule has 136 valence electrons. The molecule has 2 aliphatic rings. The lowest BCUT2D eigenvalue weighted by Gasteiger charge is -2.34. The van der Waals surface area contributed by atoms with Gasteiger partial charge in [0.1, 0.15) is 5.60 Å². The van der Waals surface area contributed by atoms with Gasteiger partial charge in [-0.25, -0.2) is 10.2 Å². The summed E-state index contributed by atoms with van der Waals surface area (Å²) in [6, 6.07) is 0. The largest absolute Gasteiger partial charge is 0.444 e. The summed E-state index contributed by atoms with van der Waals surface area (Å²) in [4.78, 5) is 23.4. The van der Waals surface area contributed by atoms with Crippen LogP contribution in [0, 0.1) is 16.7 Å². The molecule has 2 aliphatic carbocycles. The first-order chi connectivity index (χ1) is 11.0. The van der Waals surface area contributed by atoms with Crippen LogP contribution in [0.15, 0.2) is 5.10 Å². The topological polar surface area (TPSA) is 79.8 Å². The van der Waals surface area contributed by atoms with Gasteiger partial charge in [-0.2, -0.15) is 5.10 Å². The number of hydrazone groups is 1. The standard InChI is InChI=1S/C18H31N3O3/c1-16(2,3)24-15(23)19-10-8-14(22)21-20-13-11-12-7-9-18(13,6)17(12,4)5/h12H,7-11H2,1-6H3,(H,19,23)(H,21,22)/b20-13-/t12-,18-/m1/s1. The van der Waals surface area contributed by atoms with E-state index in [0.29, 0.717) is 5.92 Å². The number of amides is 2. The van der Waals surface area contributed by atoms with E-state index in [-0.39, 0.29) is 29.7 Å². The summed E-state index contributed by atoms with van der Waals surface area (Å²) in [5, 5.41) is 6.98. The molecule has 2 bridgehead atoms. The lowest BCUT2D eigenvalue weighted by Crippen LogP contribution is -2.36. The first-order valence-electron chi connectivity index (χ1n) is 8.78. The van der Waals surface area contributed by atoms with Crippen LogP contribution in [0.3, 0.4) is 0 Å². The highest BCUT2D eigenvalue weighted by atomic mass is 16.6. The van der Waals surface area contributed by atoms with E-state index >= 15 is 0 Å². The first-order valence-corrected chi connectivity index (χ1v) is 8.78. The summed E-state index contributed by atoms with van der Waals surface area (Å²) in [7, 11) is 0. The second kappa shape index (κ2) is 6.37. The molecular weight excluding hydrogens is 306 g/mol. The zero-order valence-electron chi connectivity index (χ0n) is 15.8. The Morgan fingerprint density at radius 3 is 2.46 bits per heavy atom. The van der Waals surface area contributed by atoms with Gasteiger partial charge in [-0.1, -0.05) is 20.8 Å². The number of ether oxygens (including phenoxy) is 1.